The number of rotatable bonds is 5. The van der Waals surface area contributed by atoms with E-state index in [2.05, 4.69) is 10.3 Å². The summed E-state index contributed by atoms with van der Waals surface area (Å²) >= 11 is 1.19. The van der Waals surface area contributed by atoms with Crippen LogP contribution in [-0.2, 0) is 4.74 Å². The lowest BCUT2D eigenvalue weighted by atomic mass is 10.2. The van der Waals surface area contributed by atoms with Crippen molar-refractivity contribution in [2.24, 2.45) is 0 Å². The Bertz CT molecular complexity index is 613. The minimum absolute atomic E-state index is 0.209. The highest BCUT2D eigenvalue weighted by molar-refractivity contribution is 7.17. The number of aryl methyl sites for hydroxylation is 1. The standard InChI is InChI=1S/C14H15FN2O2S/c1-9-12(13(18)16-7-8-19-2)20-14(17-9)10-5-3-4-6-11(10)15/h3-6H,7-8H2,1-2H3,(H,16,18). The smallest absolute Gasteiger partial charge is 0.263 e. The molecule has 0 unspecified atom stereocenters. The predicted octanol–water partition coefficient (Wildman–Crippen LogP) is 2.63. The molecule has 6 heteroatoms. The van der Waals surface area contributed by atoms with E-state index in [9.17, 15) is 9.18 Å². The second-order valence-electron chi connectivity index (χ2n) is 4.16. The second kappa shape index (κ2) is 6.58. The highest BCUT2D eigenvalue weighted by Crippen LogP contribution is 2.29. The molecule has 106 valence electrons. The summed E-state index contributed by atoms with van der Waals surface area (Å²) in [7, 11) is 1.57. The first kappa shape index (κ1) is 14.6. The largest absolute Gasteiger partial charge is 0.383 e. The van der Waals surface area contributed by atoms with E-state index in [1.165, 1.54) is 17.4 Å². The molecule has 0 spiro atoms. The molecule has 0 radical (unpaired) electrons. The van der Waals surface area contributed by atoms with E-state index in [4.69, 9.17) is 4.74 Å². The van der Waals surface area contributed by atoms with Crippen LogP contribution in [0.1, 0.15) is 15.4 Å². The van der Waals surface area contributed by atoms with Gasteiger partial charge in [0.25, 0.3) is 5.91 Å². The van der Waals surface area contributed by atoms with Crippen LogP contribution in [0.25, 0.3) is 10.6 Å². The zero-order valence-corrected chi connectivity index (χ0v) is 12.1. The molecule has 0 aliphatic heterocycles. The Kier molecular flexibility index (Phi) is 4.81. The molecule has 2 aromatic rings. The highest BCUT2D eigenvalue weighted by Gasteiger charge is 2.17. The number of aromatic nitrogens is 1. The van der Waals surface area contributed by atoms with E-state index in [0.29, 0.717) is 34.3 Å². The third-order valence-corrected chi connectivity index (χ3v) is 3.89. The molecule has 1 aromatic heterocycles. The zero-order valence-electron chi connectivity index (χ0n) is 11.3. The summed E-state index contributed by atoms with van der Waals surface area (Å²) in [6.45, 7) is 2.62. The Labute approximate surface area is 120 Å². The number of ether oxygens (including phenoxy) is 1. The SMILES string of the molecule is COCCNC(=O)c1sc(-c2ccccc2F)nc1C. The Morgan fingerprint density at radius 1 is 1.45 bits per heavy atom. The Morgan fingerprint density at radius 2 is 2.20 bits per heavy atom. The van der Waals surface area contributed by atoms with Crippen LogP contribution in [-0.4, -0.2) is 31.2 Å². The maximum absolute atomic E-state index is 13.7. The van der Waals surface area contributed by atoms with Crippen molar-refractivity contribution in [2.45, 2.75) is 6.92 Å². The molecular formula is C14H15FN2O2S. The number of thiazole rings is 1. The summed E-state index contributed by atoms with van der Waals surface area (Å²) in [5.74, 6) is -0.549. The van der Waals surface area contributed by atoms with Gasteiger partial charge in [-0.25, -0.2) is 9.37 Å². The number of amides is 1. The number of benzene rings is 1. The molecule has 0 saturated heterocycles. The molecule has 0 atom stereocenters. The normalized spacial score (nSPS) is 10.6. The second-order valence-corrected chi connectivity index (χ2v) is 5.16. The number of methoxy groups -OCH3 is 1. The third-order valence-electron chi connectivity index (χ3n) is 2.70. The lowest BCUT2D eigenvalue weighted by molar-refractivity contribution is 0.0940. The van der Waals surface area contributed by atoms with Gasteiger partial charge in [0.2, 0.25) is 0 Å². The summed E-state index contributed by atoms with van der Waals surface area (Å²) in [5.41, 5.74) is 1.01. The number of nitrogens with one attached hydrogen (secondary N) is 1. The van der Waals surface area contributed by atoms with Gasteiger partial charge in [0, 0.05) is 19.2 Å². The number of nitrogens with zero attached hydrogens (tertiary/aromatic N) is 1. The van der Waals surface area contributed by atoms with Crippen molar-refractivity contribution in [3.8, 4) is 10.6 Å². The molecule has 1 amide bonds. The Balaban J connectivity index is 2.22. The molecule has 0 saturated carbocycles. The van der Waals surface area contributed by atoms with Crippen LogP contribution in [0.3, 0.4) is 0 Å². The fourth-order valence-electron chi connectivity index (χ4n) is 1.70. The van der Waals surface area contributed by atoms with E-state index < -0.39 is 0 Å². The minimum Gasteiger partial charge on any atom is -0.383 e. The molecule has 1 aromatic carbocycles. The molecule has 0 aliphatic carbocycles. The van der Waals surface area contributed by atoms with Gasteiger partial charge in [-0.1, -0.05) is 12.1 Å². The molecule has 4 nitrogen and oxygen atoms in total. The summed E-state index contributed by atoms with van der Waals surface area (Å²) in [6, 6.07) is 6.40. The minimum atomic E-state index is -0.340. The number of carbonyl (C=O) groups is 1. The molecule has 20 heavy (non-hydrogen) atoms. The van der Waals surface area contributed by atoms with E-state index in [1.54, 1.807) is 32.2 Å². The van der Waals surface area contributed by atoms with Crippen molar-refractivity contribution in [2.75, 3.05) is 20.3 Å². The number of halogens is 1. The molecule has 1 N–H and O–H groups in total. The van der Waals surface area contributed by atoms with E-state index >= 15 is 0 Å². The maximum atomic E-state index is 13.7. The monoisotopic (exact) mass is 294 g/mol. The van der Waals surface area contributed by atoms with Gasteiger partial charge in [-0.3, -0.25) is 4.79 Å². The third kappa shape index (κ3) is 3.20. The van der Waals surface area contributed by atoms with Crippen molar-refractivity contribution in [1.29, 1.82) is 0 Å². The van der Waals surface area contributed by atoms with Gasteiger partial charge in [0.1, 0.15) is 15.7 Å². The quantitative estimate of drug-likeness (QED) is 0.863. The van der Waals surface area contributed by atoms with Crippen LogP contribution in [0, 0.1) is 12.7 Å². The van der Waals surface area contributed by atoms with Crippen LogP contribution in [0.4, 0.5) is 4.39 Å². The van der Waals surface area contributed by atoms with Crippen LogP contribution in [0.2, 0.25) is 0 Å². The van der Waals surface area contributed by atoms with Crippen LogP contribution >= 0.6 is 11.3 Å². The van der Waals surface area contributed by atoms with E-state index in [0.717, 1.165) is 0 Å². The summed E-state index contributed by atoms with van der Waals surface area (Å²) < 4.78 is 18.6. The summed E-state index contributed by atoms with van der Waals surface area (Å²) in [4.78, 5) is 16.8. The maximum Gasteiger partial charge on any atom is 0.263 e. The number of hydrogen-bond acceptors (Lipinski definition) is 4. The van der Waals surface area contributed by atoms with Gasteiger partial charge < -0.3 is 10.1 Å². The van der Waals surface area contributed by atoms with Gasteiger partial charge in [-0.05, 0) is 19.1 Å². The Hall–Kier alpha value is -1.79. The number of carbonyl (C=O) groups excluding carboxylic acids is 1. The fourth-order valence-corrected chi connectivity index (χ4v) is 2.71. The lowest BCUT2D eigenvalue weighted by Gasteiger charge is -2.02. The fraction of sp³-hybridized carbons (Fsp3) is 0.286. The van der Waals surface area contributed by atoms with Crippen LogP contribution < -0.4 is 5.32 Å². The Morgan fingerprint density at radius 3 is 2.90 bits per heavy atom. The van der Waals surface area contributed by atoms with Gasteiger partial charge in [-0.15, -0.1) is 11.3 Å². The van der Waals surface area contributed by atoms with Crippen LogP contribution in [0.15, 0.2) is 24.3 Å². The first-order valence-corrected chi connectivity index (χ1v) is 6.94. The van der Waals surface area contributed by atoms with Gasteiger partial charge in [0.05, 0.1) is 12.3 Å². The van der Waals surface area contributed by atoms with E-state index in [1.807, 2.05) is 0 Å². The molecule has 0 fully saturated rings. The zero-order chi connectivity index (χ0) is 14.5. The van der Waals surface area contributed by atoms with Gasteiger partial charge in [0.15, 0.2) is 0 Å². The molecule has 1 heterocycles. The van der Waals surface area contributed by atoms with E-state index in [-0.39, 0.29) is 11.7 Å². The number of hydrogen-bond donors (Lipinski definition) is 1. The lowest BCUT2D eigenvalue weighted by Crippen LogP contribution is -2.26. The molecular weight excluding hydrogens is 279 g/mol. The summed E-state index contributed by atoms with van der Waals surface area (Å²) in [6.07, 6.45) is 0. The van der Waals surface area contributed by atoms with Crippen molar-refractivity contribution in [3.63, 3.8) is 0 Å². The topological polar surface area (TPSA) is 51.2 Å². The van der Waals surface area contributed by atoms with Gasteiger partial charge >= 0.3 is 0 Å². The average molecular weight is 294 g/mol. The van der Waals surface area contributed by atoms with Crippen LogP contribution in [0.5, 0.6) is 0 Å². The van der Waals surface area contributed by atoms with Gasteiger partial charge in [-0.2, -0.15) is 0 Å². The van der Waals surface area contributed by atoms with Crippen molar-refractivity contribution < 1.29 is 13.9 Å². The predicted molar refractivity (Wildman–Crippen MR) is 76.5 cm³/mol. The first-order chi connectivity index (χ1) is 9.63. The molecule has 0 bridgehead atoms. The highest BCUT2D eigenvalue weighted by atomic mass is 32.1. The van der Waals surface area contributed by atoms with Crippen molar-refractivity contribution in [1.82, 2.24) is 10.3 Å². The first-order valence-electron chi connectivity index (χ1n) is 6.13. The average Bonchev–Trinajstić information content (AvgIpc) is 2.81. The molecule has 2 rings (SSSR count). The molecule has 0 aliphatic rings. The van der Waals surface area contributed by atoms with Crippen molar-refractivity contribution >= 4 is 17.2 Å². The van der Waals surface area contributed by atoms with Crippen molar-refractivity contribution in [3.05, 3.63) is 40.7 Å². The summed E-state index contributed by atoms with van der Waals surface area (Å²) in [5, 5.41) is 3.24.